The number of anilines is 6. The van der Waals surface area contributed by atoms with Crippen molar-refractivity contribution in [2.24, 2.45) is 0 Å². The van der Waals surface area contributed by atoms with E-state index in [9.17, 15) is 0 Å². The molecule has 0 fully saturated rings. The molecule has 2 aliphatic heterocycles. The molecule has 6 aromatic rings. The summed E-state index contributed by atoms with van der Waals surface area (Å²) in [5.41, 5.74) is 12.1. The first-order valence-corrected chi connectivity index (χ1v) is 13.7. The number of pyridine rings is 2. The summed E-state index contributed by atoms with van der Waals surface area (Å²) >= 11 is 0. The molecule has 0 saturated heterocycles. The van der Waals surface area contributed by atoms with Gasteiger partial charge in [0, 0.05) is 36.4 Å². The number of hydrogen-bond donors (Lipinski definition) is 0. The van der Waals surface area contributed by atoms with E-state index in [1.165, 1.54) is 45.0 Å². The molecule has 40 heavy (non-hydrogen) atoms. The van der Waals surface area contributed by atoms with Crippen LogP contribution in [0.1, 0.15) is 22.3 Å². The molecule has 2 aliphatic rings. The van der Waals surface area contributed by atoms with E-state index in [0.717, 1.165) is 35.6 Å². The molecule has 0 atom stereocenters. The molecular weight excluding hydrogens is 488 g/mol. The number of fused-ring (bicyclic) bond motifs is 4. The summed E-state index contributed by atoms with van der Waals surface area (Å²) in [5, 5.41) is 0. The van der Waals surface area contributed by atoms with E-state index >= 15 is 0 Å². The molecular formula is C36H26N4. The summed E-state index contributed by atoms with van der Waals surface area (Å²) in [6, 6.07) is 42.9. The summed E-state index contributed by atoms with van der Waals surface area (Å²) in [7, 11) is 0. The largest absolute Gasteiger partial charge is 0.294 e. The minimum absolute atomic E-state index is 0.912. The van der Waals surface area contributed by atoms with Crippen LogP contribution in [0.2, 0.25) is 0 Å². The van der Waals surface area contributed by atoms with E-state index in [2.05, 4.69) is 131 Å². The van der Waals surface area contributed by atoms with Crippen molar-refractivity contribution in [2.75, 3.05) is 9.80 Å². The number of benzene rings is 4. The standard InChI is InChI=1S/C36H26N4/c1-5-13-31-25(9-1)21-26-10-2-6-14-32(26)39(31)35-19-17-29(23-37-35)30-18-20-36(38-24-30)40-33-15-7-3-11-27(33)22-28-12-4-8-16-34(28)40/h1-20,23-24H,21-22H2. The minimum atomic E-state index is 0.912. The molecule has 0 radical (unpaired) electrons. The first kappa shape index (κ1) is 22.7. The number of aromatic nitrogens is 2. The van der Waals surface area contributed by atoms with Crippen LogP contribution >= 0.6 is 0 Å². The molecule has 0 unspecified atom stereocenters. The maximum atomic E-state index is 4.94. The Morgan fingerprint density at radius 1 is 0.375 bits per heavy atom. The predicted molar refractivity (Wildman–Crippen MR) is 162 cm³/mol. The molecule has 190 valence electrons. The fraction of sp³-hybridized carbons (Fsp3) is 0.0556. The van der Waals surface area contributed by atoms with Crippen LogP contribution in [0.4, 0.5) is 34.4 Å². The highest BCUT2D eigenvalue weighted by atomic mass is 15.2. The van der Waals surface area contributed by atoms with Gasteiger partial charge in [0.1, 0.15) is 11.6 Å². The highest BCUT2D eigenvalue weighted by Gasteiger charge is 2.25. The molecule has 4 nitrogen and oxygen atoms in total. The van der Waals surface area contributed by atoms with Crippen molar-refractivity contribution in [1.29, 1.82) is 0 Å². The second kappa shape index (κ2) is 9.21. The summed E-state index contributed by atoms with van der Waals surface area (Å²) in [6.07, 6.45) is 5.78. The maximum absolute atomic E-state index is 4.94. The Morgan fingerprint density at radius 2 is 0.700 bits per heavy atom. The van der Waals surface area contributed by atoms with Crippen molar-refractivity contribution in [3.8, 4) is 11.1 Å². The Balaban J connectivity index is 1.13. The van der Waals surface area contributed by atoms with Gasteiger partial charge in [-0.25, -0.2) is 9.97 Å². The zero-order chi connectivity index (χ0) is 26.5. The Labute approximate surface area is 233 Å². The molecule has 2 aromatic heterocycles. The Morgan fingerprint density at radius 3 is 1.00 bits per heavy atom. The van der Waals surface area contributed by atoms with Gasteiger partial charge in [0.05, 0.1) is 22.7 Å². The Hall–Kier alpha value is -5.22. The second-order valence-electron chi connectivity index (χ2n) is 10.3. The van der Waals surface area contributed by atoms with Crippen molar-refractivity contribution in [3.05, 3.63) is 156 Å². The summed E-state index contributed by atoms with van der Waals surface area (Å²) in [5.74, 6) is 1.82. The smallest absolute Gasteiger partial charge is 0.137 e. The van der Waals surface area contributed by atoms with Gasteiger partial charge in [0.15, 0.2) is 0 Å². The predicted octanol–water partition coefficient (Wildman–Crippen LogP) is 8.89. The van der Waals surface area contributed by atoms with Crippen molar-refractivity contribution in [2.45, 2.75) is 12.8 Å². The van der Waals surface area contributed by atoms with E-state index < -0.39 is 0 Å². The fourth-order valence-electron chi connectivity index (χ4n) is 6.06. The third-order valence-corrected chi connectivity index (χ3v) is 7.98. The number of nitrogens with zero attached hydrogens (tertiary/aromatic N) is 4. The first-order valence-electron chi connectivity index (χ1n) is 13.7. The maximum Gasteiger partial charge on any atom is 0.137 e. The van der Waals surface area contributed by atoms with Crippen LogP contribution in [0.25, 0.3) is 11.1 Å². The van der Waals surface area contributed by atoms with E-state index in [0.29, 0.717) is 0 Å². The van der Waals surface area contributed by atoms with Crippen LogP contribution in [0, 0.1) is 0 Å². The molecule has 0 N–H and O–H groups in total. The monoisotopic (exact) mass is 514 g/mol. The Bertz CT molecular complexity index is 1630. The van der Waals surface area contributed by atoms with Crippen molar-refractivity contribution >= 4 is 34.4 Å². The lowest BCUT2D eigenvalue weighted by molar-refractivity contribution is 1.06. The van der Waals surface area contributed by atoms with Crippen molar-refractivity contribution in [1.82, 2.24) is 9.97 Å². The van der Waals surface area contributed by atoms with E-state index in [4.69, 9.17) is 9.97 Å². The molecule has 0 amide bonds. The quantitative estimate of drug-likeness (QED) is 0.236. The van der Waals surface area contributed by atoms with Gasteiger partial charge < -0.3 is 0 Å². The number of rotatable bonds is 3. The molecule has 4 aromatic carbocycles. The Kier molecular flexibility index (Phi) is 5.23. The lowest BCUT2D eigenvalue weighted by Crippen LogP contribution is -2.19. The topological polar surface area (TPSA) is 32.3 Å². The highest BCUT2D eigenvalue weighted by molar-refractivity contribution is 5.84. The van der Waals surface area contributed by atoms with Crippen LogP contribution in [-0.2, 0) is 12.8 Å². The zero-order valence-electron chi connectivity index (χ0n) is 21.9. The minimum Gasteiger partial charge on any atom is -0.294 e. The molecule has 4 heterocycles. The molecule has 4 heteroatoms. The molecule has 0 aliphatic carbocycles. The van der Waals surface area contributed by atoms with Gasteiger partial charge in [-0.15, -0.1) is 0 Å². The van der Waals surface area contributed by atoms with Gasteiger partial charge in [-0.3, -0.25) is 9.80 Å². The van der Waals surface area contributed by atoms with Gasteiger partial charge in [0.2, 0.25) is 0 Å². The zero-order valence-corrected chi connectivity index (χ0v) is 21.9. The SMILES string of the molecule is c1ccc2c(c1)Cc1ccccc1N2c1ccc(-c2ccc(N3c4ccccc4Cc4ccccc43)nc2)cn1. The van der Waals surface area contributed by atoms with Crippen LogP contribution in [0.15, 0.2) is 134 Å². The van der Waals surface area contributed by atoms with E-state index in [-0.39, 0.29) is 0 Å². The fourth-order valence-corrected chi connectivity index (χ4v) is 6.06. The summed E-state index contributed by atoms with van der Waals surface area (Å²) in [4.78, 5) is 14.4. The number of para-hydroxylation sites is 4. The number of hydrogen-bond acceptors (Lipinski definition) is 4. The van der Waals surface area contributed by atoms with Crippen LogP contribution < -0.4 is 9.80 Å². The first-order chi connectivity index (χ1) is 19.8. The van der Waals surface area contributed by atoms with Crippen LogP contribution in [-0.4, -0.2) is 9.97 Å². The summed E-state index contributed by atoms with van der Waals surface area (Å²) < 4.78 is 0. The average Bonchev–Trinajstić information content (AvgIpc) is 3.03. The average molecular weight is 515 g/mol. The third-order valence-electron chi connectivity index (χ3n) is 7.98. The lowest BCUT2D eigenvalue weighted by Gasteiger charge is -2.32. The van der Waals surface area contributed by atoms with Gasteiger partial charge in [-0.2, -0.15) is 0 Å². The van der Waals surface area contributed by atoms with E-state index in [1.807, 2.05) is 12.4 Å². The van der Waals surface area contributed by atoms with E-state index in [1.54, 1.807) is 0 Å². The molecule has 0 bridgehead atoms. The molecule has 0 saturated carbocycles. The van der Waals surface area contributed by atoms with Crippen molar-refractivity contribution < 1.29 is 0 Å². The highest BCUT2D eigenvalue weighted by Crippen LogP contribution is 2.44. The normalized spacial score (nSPS) is 13.2. The summed E-state index contributed by atoms with van der Waals surface area (Å²) in [6.45, 7) is 0. The van der Waals surface area contributed by atoms with Crippen LogP contribution in [0.5, 0.6) is 0 Å². The van der Waals surface area contributed by atoms with Gasteiger partial charge in [0.25, 0.3) is 0 Å². The lowest BCUT2D eigenvalue weighted by atomic mass is 9.95. The molecule has 0 spiro atoms. The van der Waals surface area contributed by atoms with Crippen LogP contribution in [0.3, 0.4) is 0 Å². The van der Waals surface area contributed by atoms with Gasteiger partial charge in [-0.1, -0.05) is 72.8 Å². The van der Waals surface area contributed by atoms with Gasteiger partial charge in [-0.05, 0) is 70.8 Å². The molecule has 8 rings (SSSR count). The third kappa shape index (κ3) is 3.69. The van der Waals surface area contributed by atoms with Crippen molar-refractivity contribution in [3.63, 3.8) is 0 Å². The second-order valence-corrected chi connectivity index (χ2v) is 10.3. The van der Waals surface area contributed by atoms with Gasteiger partial charge >= 0.3 is 0 Å².